The number of aromatic nitrogens is 2. The summed E-state index contributed by atoms with van der Waals surface area (Å²) in [7, 11) is 0. The molecule has 2 aromatic rings. The van der Waals surface area contributed by atoms with Gasteiger partial charge in [-0.25, -0.2) is 0 Å². The van der Waals surface area contributed by atoms with Crippen molar-refractivity contribution in [1.82, 2.24) is 9.97 Å². The fourth-order valence-corrected chi connectivity index (χ4v) is 2.74. The van der Waals surface area contributed by atoms with Gasteiger partial charge in [0.25, 0.3) is 0 Å². The molecule has 0 aromatic carbocycles. The number of pyridine rings is 2. The molecule has 0 bridgehead atoms. The molecule has 3 nitrogen and oxygen atoms in total. The lowest BCUT2D eigenvalue weighted by Gasteiger charge is -2.22. The second-order valence-corrected chi connectivity index (χ2v) is 5.69. The largest absolute Gasteiger partial charge is 0.289 e. The van der Waals surface area contributed by atoms with Gasteiger partial charge in [0.2, 0.25) is 0 Å². The van der Waals surface area contributed by atoms with E-state index in [-0.39, 0.29) is 5.78 Å². The smallest absolute Gasteiger partial charge is 0.185 e. The van der Waals surface area contributed by atoms with Gasteiger partial charge in [-0.2, -0.15) is 0 Å². The van der Waals surface area contributed by atoms with Crippen LogP contribution < -0.4 is 0 Å². The average molecular weight is 290 g/mol. The molecule has 3 heteroatoms. The van der Waals surface area contributed by atoms with E-state index >= 15 is 0 Å². The zero-order valence-corrected chi connectivity index (χ0v) is 12.6. The zero-order valence-electron chi connectivity index (χ0n) is 12.6. The highest BCUT2D eigenvalue weighted by atomic mass is 16.1. The Hall–Kier alpha value is -2.55. The summed E-state index contributed by atoms with van der Waals surface area (Å²) in [5, 5.41) is 0. The number of allylic oxidation sites excluding steroid dienone is 2. The molecule has 2 heterocycles. The number of Topliss-reactive ketones (excluding diaryl/α,β-unsaturated/α-hetero) is 1. The molecule has 0 unspecified atom stereocenters. The number of rotatable bonds is 2. The Morgan fingerprint density at radius 3 is 1.82 bits per heavy atom. The van der Waals surface area contributed by atoms with Crippen molar-refractivity contribution in [2.75, 3.05) is 0 Å². The number of hydrogen-bond donors (Lipinski definition) is 0. The van der Waals surface area contributed by atoms with Gasteiger partial charge in [-0.1, -0.05) is 19.1 Å². The summed E-state index contributed by atoms with van der Waals surface area (Å²) in [6, 6.07) is 11.4. The standard InChI is InChI=1S/C19H18N2O/c1-14-10-15(12-17-6-2-4-8-20-17)19(22)16(11-14)13-18-7-3-5-9-21-18/h2-9,12-14H,10-11H2,1H3/b15-12+,16-13+. The molecule has 0 N–H and O–H groups in total. The maximum absolute atomic E-state index is 12.7. The summed E-state index contributed by atoms with van der Waals surface area (Å²) in [5.74, 6) is 0.567. The molecule has 1 aliphatic rings. The van der Waals surface area contributed by atoms with Crippen LogP contribution in [0.15, 0.2) is 59.9 Å². The van der Waals surface area contributed by atoms with E-state index < -0.39 is 0 Å². The first kappa shape index (κ1) is 14.4. The third kappa shape index (κ3) is 3.37. The Labute approximate surface area is 130 Å². The van der Waals surface area contributed by atoms with Crippen molar-refractivity contribution in [2.24, 2.45) is 5.92 Å². The molecule has 0 atom stereocenters. The minimum Gasteiger partial charge on any atom is -0.289 e. The first-order valence-corrected chi connectivity index (χ1v) is 7.50. The highest BCUT2D eigenvalue weighted by molar-refractivity contribution is 6.13. The number of hydrogen-bond acceptors (Lipinski definition) is 3. The van der Waals surface area contributed by atoms with Gasteiger partial charge in [0, 0.05) is 23.5 Å². The van der Waals surface area contributed by atoms with E-state index in [0.29, 0.717) is 5.92 Å². The number of carbonyl (C=O) groups is 1. The van der Waals surface area contributed by atoms with Crippen LogP contribution in [0.2, 0.25) is 0 Å². The van der Waals surface area contributed by atoms with Crippen LogP contribution >= 0.6 is 0 Å². The molecule has 0 radical (unpaired) electrons. The maximum Gasteiger partial charge on any atom is 0.185 e. The minimum atomic E-state index is 0.120. The second kappa shape index (κ2) is 6.48. The summed E-state index contributed by atoms with van der Waals surface area (Å²) in [6.45, 7) is 2.17. The first-order chi connectivity index (χ1) is 10.7. The van der Waals surface area contributed by atoms with Crippen LogP contribution in [0.4, 0.5) is 0 Å². The topological polar surface area (TPSA) is 42.9 Å². The molecule has 0 aliphatic heterocycles. The number of nitrogens with zero attached hydrogens (tertiary/aromatic N) is 2. The molecule has 1 fully saturated rings. The second-order valence-electron chi connectivity index (χ2n) is 5.69. The predicted octanol–water partition coefficient (Wildman–Crippen LogP) is 3.94. The van der Waals surface area contributed by atoms with E-state index in [2.05, 4.69) is 16.9 Å². The summed E-state index contributed by atoms with van der Waals surface area (Å²) >= 11 is 0. The fourth-order valence-electron chi connectivity index (χ4n) is 2.74. The molecule has 110 valence electrons. The van der Waals surface area contributed by atoms with Crippen molar-refractivity contribution >= 4 is 17.9 Å². The van der Waals surface area contributed by atoms with E-state index in [1.54, 1.807) is 12.4 Å². The van der Waals surface area contributed by atoms with Gasteiger partial charge >= 0.3 is 0 Å². The third-order valence-electron chi connectivity index (χ3n) is 3.74. The summed E-state index contributed by atoms with van der Waals surface area (Å²) in [5.41, 5.74) is 3.33. The van der Waals surface area contributed by atoms with Gasteiger partial charge in [0.15, 0.2) is 5.78 Å². The fraction of sp³-hybridized carbons (Fsp3) is 0.211. The van der Waals surface area contributed by atoms with Crippen LogP contribution in [0.3, 0.4) is 0 Å². The molecule has 0 spiro atoms. The minimum absolute atomic E-state index is 0.120. The highest BCUT2D eigenvalue weighted by Gasteiger charge is 2.25. The van der Waals surface area contributed by atoms with Crippen molar-refractivity contribution in [3.05, 3.63) is 71.3 Å². The molecular formula is C19H18N2O. The maximum atomic E-state index is 12.7. The Morgan fingerprint density at radius 1 is 0.909 bits per heavy atom. The van der Waals surface area contributed by atoms with Gasteiger partial charge in [-0.15, -0.1) is 0 Å². The van der Waals surface area contributed by atoms with Crippen LogP contribution in [-0.2, 0) is 4.79 Å². The van der Waals surface area contributed by atoms with Crippen LogP contribution in [0.1, 0.15) is 31.2 Å². The lowest BCUT2D eigenvalue weighted by Crippen LogP contribution is -2.18. The van der Waals surface area contributed by atoms with Crippen molar-refractivity contribution in [2.45, 2.75) is 19.8 Å². The lowest BCUT2D eigenvalue weighted by atomic mass is 9.81. The predicted molar refractivity (Wildman–Crippen MR) is 87.8 cm³/mol. The third-order valence-corrected chi connectivity index (χ3v) is 3.74. The molecular weight excluding hydrogens is 272 g/mol. The van der Waals surface area contributed by atoms with Crippen molar-refractivity contribution < 1.29 is 4.79 Å². The van der Waals surface area contributed by atoms with E-state index in [1.165, 1.54) is 0 Å². The quantitative estimate of drug-likeness (QED) is 0.787. The Balaban J connectivity index is 1.92. The molecule has 0 amide bonds. The van der Waals surface area contributed by atoms with Crippen LogP contribution in [0.25, 0.3) is 12.2 Å². The van der Waals surface area contributed by atoms with Crippen molar-refractivity contribution in [3.8, 4) is 0 Å². The Bertz CT molecular complexity index is 656. The number of ketones is 1. The summed E-state index contributed by atoms with van der Waals surface area (Å²) in [6.07, 6.45) is 8.90. The van der Waals surface area contributed by atoms with E-state index in [9.17, 15) is 4.79 Å². The van der Waals surface area contributed by atoms with Gasteiger partial charge < -0.3 is 0 Å². The Kier molecular flexibility index (Phi) is 4.24. The molecule has 2 aromatic heterocycles. The van der Waals surface area contributed by atoms with Crippen molar-refractivity contribution in [3.63, 3.8) is 0 Å². The monoisotopic (exact) mass is 290 g/mol. The van der Waals surface area contributed by atoms with Crippen molar-refractivity contribution in [1.29, 1.82) is 0 Å². The molecule has 0 saturated heterocycles. The van der Waals surface area contributed by atoms with Crippen LogP contribution in [0, 0.1) is 5.92 Å². The zero-order chi connectivity index (χ0) is 15.4. The van der Waals surface area contributed by atoms with E-state index in [1.807, 2.05) is 48.6 Å². The Morgan fingerprint density at radius 2 is 1.41 bits per heavy atom. The van der Waals surface area contributed by atoms with Gasteiger partial charge in [-0.05, 0) is 55.2 Å². The van der Waals surface area contributed by atoms with Gasteiger partial charge in [0.05, 0.1) is 11.4 Å². The van der Waals surface area contributed by atoms with Crippen LogP contribution in [-0.4, -0.2) is 15.8 Å². The average Bonchev–Trinajstić information content (AvgIpc) is 2.54. The van der Waals surface area contributed by atoms with Gasteiger partial charge in [0.1, 0.15) is 0 Å². The molecule has 1 aliphatic carbocycles. The normalized spacial score (nSPS) is 22.2. The van der Waals surface area contributed by atoms with Crippen LogP contribution in [0.5, 0.6) is 0 Å². The summed E-state index contributed by atoms with van der Waals surface area (Å²) in [4.78, 5) is 21.2. The SMILES string of the molecule is CC1C/C(=C\c2ccccn2)C(=O)/C(=C/c2ccccn2)C1. The lowest BCUT2D eigenvalue weighted by molar-refractivity contribution is -0.113. The molecule has 22 heavy (non-hydrogen) atoms. The van der Waals surface area contributed by atoms with E-state index in [4.69, 9.17) is 0 Å². The first-order valence-electron chi connectivity index (χ1n) is 7.50. The summed E-state index contributed by atoms with van der Waals surface area (Å²) < 4.78 is 0. The van der Waals surface area contributed by atoms with Gasteiger partial charge in [-0.3, -0.25) is 14.8 Å². The molecule has 1 saturated carbocycles. The highest BCUT2D eigenvalue weighted by Crippen LogP contribution is 2.31. The number of carbonyl (C=O) groups excluding carboxylic acids is 1. The molecule has 3 rings (SSSR count). The van der Waals surface area contributed by atoms with E-state index in [0.717, 1.165) is 35.4 Å².